The summed E-state index contributed by atoms with van der Waals surface area (Å²) in [6.07, 6.45) is 1.76. The van der Waals surface area contributed by atoms with Gasteiger partial charge in [0.05, 0.1) is 9.82 Å². The Kier molecular flexibility index (Phi) is 3.68. The minimum Gasteiger partial charge on any atom is -0.326 e. The molecular formula is C9H10N2O3S. The average molecular weight is 226 g/mol. The van der Waals surface area contributed by atoms with Crippen molar-refractivity contribution in [1.29, 1.82) is 0 Å². The molecule has 0 aromatic heterocycles. The molecule has 80 valence electrons. The van der Waals surface area contributed by atoms with Gasteiger partial charge in [-0.2, -0.15) is 0 Å². The zero-order valence-electron chi connectivity index (χ0n) is 8.31. The minimum absolute atomic E-state index is 0.00810. The molecule has 0 aliphatic heterocycles. The first-order chi connectivity index (χ1) is 7.04. The summed E-state index contributed by atoms with van der Waals surface area (Å²) >= 11 is 1.30. The summed E-state index contributed by atoms with van der Waals surface area (Å²) in [6.45, 7) is 1.36. The van der Waals surface area contributed by atoms with Gasteiger partial charge in [-0.05, 0) is 18.4 Å². The number of amides is 1. The molecule has 15 heavy (non-hydrogen) atoms. The lowest BCUT2D eigenvalue weighted by atomic mass is 10.3. The first kappa shape index (κ1) is 11.5. The molecule has 5 nitrogen and oxygen atoms in total. The molecule has 0 aliphatic rings. The number of hydrogen-bond donors (Lipinski definition) is 1. The van der Waals surface area contributed by atoms with Crippen LogP contribution >= 0.6 is 11.8 Å². The molecule has 0 aliphatic carbocycles. The number of rotatable bonds is 3. The van der Waals surface area contributed by atoms with E-state index in [1.54, 1.807) is 18.4 Å². The Hall–Kier alpha value is -1.56. The van der Waals surface area contributed by atoms with Crippen LogP contribution in [0.15, 0.2) is 23.1 Å². The number of benzene rings is 1. The smallest absolute Gasteiger partial charge is 0.284 e. The van der Waals surface area contributed by atoms with Gasteiger partial charge in [0.25, 0.3) is 5.69 Å². The van der Waals surface area contributed by atoms with Crippen LogP contribution in [0, 0.1) is 10.1 Å². The van der Waals surface area contributed by atoms with E-state index in [1.165, 1.54) is 24.8 Å². The zero-order valence-corrected chi connectivity index (χ0v) is 9.13. The molecule has 6 heteroatoms. The van der Waals surface area contributed by atoms with Crippen molar-refractivity contribution in [1.82, 2.24) is 0 Å². The van der Waals surface area contributed by atoms with Crippen LogP contribution in [0.1, 0.15) is 6.92 Å². The number of thioether (sulfide) groups is 1. The van der Waals surface area contributed by atoms with Crippen molar-refractivity contribution in [3.63, 3.8) is 0 Å². The summed E-state index contributed by atoms with van der Waals surface area (Å²) < 4.78 is 0. The first-order valence-electron chi connectivity index (χ1n) is 4.14. The minimum atomic E-state index is -0.461. The van der Waals surface area contributed by atoms with E-state index in [9.17, 15) is 14.9 Å². The third-order valence-electron chi connectivity index (χ3n) is 1.70. The summed E-state index contributed by atoms with van der Waals surface area (Å²) in [4.78, 5) is 21.6. The molecule has 1 aromatic rings. The number of carbonyl (C=O) groups is 1. The Morgan fingerprint density at radius 3 is 2.67 bits per heavy atom. The third kappa shape index (κ3) is 2.95. The highest BCUT2D eigenvalue weighted by Crippen LogP contribution is 2.29. The third-order valence-corrected chi connectivity index (χ3v) is 2.48. The van der Waals surface area contributed by atoms with Crippen LogP contribution in [-0.2, 0) is 4.79 Å². The van der Waals surface area contributed by atoms with Crippen LogP contribution in [0.25, 0.3) is 0 Å². The number of nitro benzene ring substituents is 1. The molecule has 0 spiro atoms. The lowest BCUT2D eigenvalue weighted by molar-refractivity contribution is -0.387. The highest BCUT2D eigenvalue weighted by Gasteiger charge is 2.13. The van der Waals surface area contributed by atoms with Crippen LogP contribution in [0.4, 0.5) is 11.4 Å². The van der Waals surface area contributed by atoms with Crippen LogP contribution in [0.5, 0.6) is 0 Å². The van der Waals surface area contributed by atoms with Crippen molar-refractivity contribution < 1.29 is 9.72 Å². The molecule has 0 heterocycles. The van der Waals surface area contributed by atoms with E-state index in [-0.39, 0.29) is 11.6 Å². The second-order valence-corrected chi connectivity index (χ2v) is 3.67. The summed E-state index contributed by atoms with van der Waals surface area (Å²) in [6, 6.07) is 4.61. The van der Waals surface area contributed by atoms with Gasteiger partial charge in [0.15, 0.2) is 0 Å². The summed E-state index contributed by atoms with van der Waals surface area (Å²) in [5, 5.41) is 13.2. The number of nitro groups is 1. The molecular weight excluding hydrogens is 216 g/mol. The summed E-state index contributed by atoms with van der Waals surface area (Å²) in [5.41, 5.74) is 0.445. The lowest BCUT2D eigenvalue weighted by Crippen LogP contribution is -2.06. The van der Waals surface area contributed by atoms with E-state index < -0.39 is 4.92 Å². The van der Waals surface area contributed by atoms with Crippen molar-refractivity contribution in [2.45, 2.75) is 11.8 Å². The number of nitrogens with zero attached hydrogens (tertiary/aromatic N) is 1. The molecule has 1 N–H and O–H groups in total. The summed E-state index contributed by atoms with van der Waals surface area (Å²) in [7, 11) is 0. The summed E-state index contributed by atoms with van der Waals surface area (Å²) in [5.74, 6) is -0.249. The van der Waals surface area contributed by atoms with Gasteiger partial charge in [-0.1, -0.05) is 0 Å². The van der Waals surface area contributed by atoms with Gasteiger partial charge in [0.1, 0.15) is 0 Å². The molecule has 0 atom stereocenters. The zero-order chi connectivity index (χ0) is 11.4. The topological polar surface area (TPSA) is 72.2 Å². The molecule has 1 rings (SSSR count). The van der Waals surface area contributed by atoms with Gasteiger partial charge in [-0.25, -0.2) is 0 Å². The molecule has 0 saturated heterocycles. The fraction of sp³-hybridized carbons (Fsp3) is 0.222. The highest BCUT2D eigenvalue weighted by atomic mass is 32.2. The Morgan fingerprint density at radius 1 is 1.53 bits per heavy atom. The molecule has 1 amide bonds. The van der Waals surface area contributed by atoms with Crippen molar-refractivity contribution in [2.24, 2.45) is 0 Å². The highest BCUT2D eigenvalue weighted by molar-refractivity contribution is 7.98. The van der Waals surface area contributed by atoms with Gasteiger partial charge in [-0.15, -0.1) is 11.8 Å². The van der Waals surface area contributed by atoms with Crippen LogP contribution in [0.3, 0.4) is 0 Å². The SMILES string of the molecule is CSc1ccc(NC(C)=O)cc1[N+](=O)[O-]. The second kappa shape index (κ2) is 4.79. The van der Waals surface area contributed by atoms with E-state index in [2.05, 4.69) is 5.32 Å². The van der Waals surface area contributed by atoms with Crippen molar-refractivity contribution in [3.8, 4) is 0 Å². The van der Waals surface area contributed by atoms with Crippen LogP contribution in [-0.4, -0.2) is 17.1 Å². The van der Waals surface area contributed by atoms with E-state index in [1.807, 2.05) is 0 Å². The predicted octanol–water partition coefficient (Wildman–Crippen LogP) is 2.28. The van der Waals surface area contributed by atoms with E-state index in [0.29, 0.717) is 10.6 Å². The van der Waals surface area contributed by atoms with Crippen molar-refractivity contribution in [2.75, 3.05) is 11.6 Å². The predicted molar refractivity (Wildman–Crippen MR) is 59.2 cm³/mol. The van der Waals surface area contributed by atoms with Gasteiger partial charge in [0.2, 0.25) is 5.91 Å². The number of carbonyl (C=O) groups excluding carboxylic acids is 1. The fourth-order valence-electron chi connectivity index (χ4n) is 1.11. The van der Waals surface area contributed by atoms with Crippen molar-refractivity contribution in [3.05, 3.63) is 28.3 Å². The Bertz CT molecular complexity index is 406. The molecule has 1 aromatic carbocycles. The average Bonchev–Trinajstić information content (AvgIpc) is 2.16. The second-order valence-electron chi connectivity index (χ2n) is 2.82. The monoisotopic (exact) mass is 226 g/mol. The molecule has 0 saturated carbocycles. The maximum atomic E-state index is 10.8. The molecule has 0 unspecified atom stereocenters. The van der Waals surface area contributed by atoms with E-state index >= 15 is 0 Å². The van der Waals surface area contributed by atoms with Gasteiger partial charge >= 0.3 is 0 Å². The number of hydrogen-bond acceptors (Lipinski definition) is 4. The van der Waals surface area contributed by atoms with Gasteiger partial charge in [-0.3, -0.25) is 14.9 Å². The normalized spacial score (nSPS) is 9.73. The van der Waals surface area contributed by atoms with Crippen LogP contribution < -0.4 is 5.32 Å². The van der Waals surface area contributed by atoms with Gasteiger partial charge < -0.3 is 5.32 Å². The maximum absolute atomic E-state index is 10.8. The first-order valence-corrected chi connectivity index (χ1v) is 5.37. The van der Waals surface area contributed by atoms with E-state index in [4.69, 9.17) is 0 Å². The Labute approximate surface area is 91.0 Å². The Balaban J connectivity index is 3.10. The van der Waals surface area contributed by atoms with E-state index in [0.717, 1.165) is 0 Å². The maximum Gasteiger partial charge on any atom is 0.284 e. The molecule has 0 fully saturated rings. The number of nitrogens with one attached hydrogen (secondary N) is 1. The van der Waals surface area contributed by atoms with Crippen LogP contribution in [0.2, 0.25) is 0 Å². The standard InChI is InChI=1S/C9H10N2O3S/c1-6(12)10-7-3-4-9(15-2)8(5-7)11(13)14/h3-5H,1-2H3,(H,10,12). The largest absolute Gasteiger partial charge is 0.326 e. The Morgan fingerprint density at radius 2 is 2.20 bits per heavy atom. The molecule has 0 bridgehead atoms. The fourth-order valence-corrected chi connectivity index (χ4v) is 1.66. The quantitative estimate of drug-likeness (QED) is 0.487. The molecule has 0 radical (unpaired) electrons. The van der Waals surface area contributed by atoms with Gasteiger partial charge in [0, 0.05) is 18.7 Å². The van der Waals surface area contributed by atoms with Crippen molar-refractivity contribution >= 4 is 29.0 Å². The number of anilines is 1. The lowest BCUT2D eigenvalue weighted by Gasteiger charge is -2.04.